The molecule has 25 heavy (non-hydrogen) atoms. The van der Waals surface area contributed by atoms with E-state index >= 15 is 0 Å². The van der Waals surface area contributed by atoms with E-state index in [0.717, 1.165) is 12.1 Å². The molecule has 1 N–H and O–H groups in total. The molecule has 0 aromatic heterocycles. The second-order valence-corrected chi connectivity index (χ2v) is 6.41. The SMILES string of the molecule is O=C(N[C@@H]1CC[C@@H]1c1ccc(Cl)cc1F)c1ccccc1C(F)(F)F. The molecule has 1 amide bonds. The molecule has 1 saturated carbocycles. The fourth-order valence-electron chi connectivity index (χ4n) is 3.02. The molecule has 1 aliphatic rings. The third-order valence-corrected chi connectivity index (χ3v) is 4.67. The van der Waals surface area contributed by atoms with E-state index in [1.54, 1.807) is 12.1 Å². The predicted molar refractivity (Wildman–Crippen MR) is 86.1 cm³/mol. The van der Waals surface area contributed by atoms with Gasteiger partial charge in [-0.2, -0.15) is 13.2 Å². The highest BCUT2D eigenvalue weighted by Gasteiger charge is 2.38. The standard InChI is InChI=1S/C18H14ClF4NO/c19-10-5-6-11(15(20)9-10)12-7-8-16(12)24-17(25)13-3-1-2-4-14(13)18(21,22)23/h1-6,9,12,16H,7-8H2,(H,24,25)/t12-,16-/m1/s1. The van der Waals surface area contributed by atoms with Gasteiger partial charge in [0.15, 0.2) is 0 Å². The number of rotatable bonds is 3. The van der Waals surface area contributed by atoms with Crippen LogP contribution in [0.1, 0.15) is 40.2 Å². The highest BCUT2D eigenvalue weighted by atomic mass is 35.5. The third kappa shape index (κ3) is 3.63. The summed E-state index contributed by atoms with van der Waals surface area (Å²) in [7, 11) is 0. The van der Waals surface area contributed by atoms with Crippen molar-refractivity contribution < 1.29 is 22.4 Å². The lowest BCUT2D eigenvalue weighted by Crippen LogP contribution is -2.46. The van der Waals surface area contributed by atoms with Gasteiger partial charge < -0.3 is 5.32 Å². The molecule has 0 aliphatic heterocycles. The molecule has 0 spiro atoms. The number of hydrogen-bond acceptors (Lipinski definition) is 1. The zero-order valence-electron chi connectivity index (χ0n) is 12.9. The molecule has 2 aromatic rings. The van der Waals surface area contributed by atoms with Crippen LogP contribution in [0.3, 0.4) is 0 Å². The predicted octanol–water partition coefficient (Wildman–Crippen LogP) is 5.17. The first-order valence-corrected chi connectivity index (χ1v) is 8.07. The third-order valence-electron chi connectivity index (χ3n) is 4.43. The highest BCUT2D eigenvalue weighted by molar-refractivity contribution is 6.30. The summed E-state index contributed by atoms with van der Waals surface area (Å²) in [6, 6.07) is 8.48. The van der Waals surface area contributed by atoms with Crippen LogP contribution in [0.4, 0.5) is 17.6 Å². The summed E-state index contributed by atoms with van der Waals surface area (Å²) in [6.45, 7) is 0. The topological polar surface area (TPSA) is 29.1 Å². The molecule has 2 atom stereocenters. The van der Waals surface area contributed by atoms with Crippen molar-refractivity contribution in [3.05, 3.63) is 70.0 Å². The van der Waals surface area contributed by atoms with E-state index in [2.05, 4.69) is 5.32 Å². The molecule has 1 aliphatic carbocycles. The normalized spacial score (nSPS) is 20.0. The van der Waals surface area contributed by atoms with Crippen LogP contribution in [-0.4, -0.2) is 11.9 Å². The highest BCUT2D eigenvalue weighted by Crippen LogP contribution is 2.39. The van der Waals surface area contributed by atoms with Crippen molar-refractivity contribution >= 4 is 17.5 Å². The number of hydrogen-bond donors (Lipinski definition) is 1. The number of alkyl halides is 3. The Balaban J connectivity index is 1.78. The fraction of sp³-hybridized carbons (Fsp3) is 0.278. The first-order valence-electron chi connectivity index (χ1n) is 7.69. The summed E-state index contributed by atoms with van der Waals surface area (Å²) in [5.74, 6) is -1.57. The second-order valence-electron chi connectivity index (χ2n) is 5.97. The van der Waals surface area contributed by atoms with Crippen molar-refractivity contribution in [3.8, 4) is 0 Å². The maximum absolute atomic E-state index is 14.0. The minimum atomic E-state index is -4.62. The van der Waals surface area contributed by atoms with Gasteiger partial charge >= 0.3 is 6.18 Å². The first-order chi connectivity index (χ1) is 11.8. The number of carbonyl (C=O) groups is 1. The summed E-state index contributed by atoms with van der Waals surface area (Å²) < 4.78 is 53.1. The van der Waals surface area contributed by atoms with Crippen LogP contribution < -0.4 is 5.32 Å². The zero-order chi connectivity index (χ0) is 18.2. The Morgan fingerprint density at radius 1 is 1.12 bits per heavy atom. The van der Waals surface area contributed by atoms with Gasteiger partial charge in [0.25, 0.3) is 5.91 Å². The quantitative estimate of drug-likeness (QED) is 0.740. The zero-order valence-corrected chi connectivity index (χ0v) is 13.7. The van der Waals surface area contributed by atoms with Crippen LogP contribution in [0.25, 0.3) is 0 Å². The monoisotopic (exact) mass is 371 g/mol. The van der Waals surface area contributed by atoms with Crippen molar-refractivity contribution in [2.75, 3.05) is 0 Å². The molecular weight excluding hydrogens is 358 g/mol. The van der Waals surface area contributed by atoms with Gasteiger partial charge in [0.1, 0.15) is 5.82 Å². The minimum absolute atomic E-state index is 0.264. The van der Waals surface area contributed by atoms with E-state index in [9.17, 15) is 22.4 Å². The summed E-state index contributed by atoms with van der Waals surface area (Å²) in [6.07, 6.45) is -3.40. The van der Waals surface area contributed by atoms with Crippen molar-refractivity contribution in [1.82, 2.24) is 5.32 Å². The van der Waals surface area contributed by atoms with Gasteiger partial charge in [0.05, 0.1) is 11.1 Å². The smallest absolute Gasteiger partial charge is 0.349 e. The number of carbonyl (C=O) groups excluding carboxylic acids is 1. The van der Waals surface area contributed by atoms with Gasteiger partial charge in [-0.15, -0.1) is 0 Å². The molecule has 0 heterocycles. The Kier molecular flexibility index (Phi) is 4.73. The van der Waals surface area contributed by atoms with E-state index < -0.39 is 35.1 Å². The summed E-state index contributed by atoms with van der Waals surface area (Å²) >= 11 is 5.73. The number of nitrogens with one attached hydrogen (secondary N) is 1. The Hall–Kier alpha value is -2.08. The maximum atomic E-state index is 14.0. The van der Waals surface area contributed by atoms with Gasteiger partial charge in [0.2, 0.25) is 0 Å². The van der Waals surface area contributed by atoms with Crippen LogP contribution in [0.2, 0.25) is 5.02 Å². The number of amides is 1. The molecule has 2 nitrogen and oxygen atoms in total. The van der Waals surface area contributed by atoms with E-state index in [-0.39, 0.29) is 10.9 Å². The largest absolute Gasteiger partial charge is 0.417 e. The van der Waals surface area contributed by atoms with Crippen molar-refractivity contribution in [1.29, 1.82) is 0 Å². The molecule has 3 rings (SSSR count). The molecule has 0 bridgehead atoms. The van der Waals surface area contributed by atoms with Crippen molar-refractivity contribution in [3.63, 3.8) is 0 Å². The first kappa shape index (κ1) is 17.7. The average Bonchev–Trinajstić information content (AvgIpc) is 2.53. The Bertz CT molecular complexity index is 806. The fourth-order valence-corrected chi connectivity index (χ4v) is 3.18. The Morgan fingerprint density at radius 3 is 2.44 bits per heavy atom. The summed E-state index contributed by atoms with van der Waals surface area (Å²) in [5, 5.41) is 2.86. The lowest BCUT2D eigenvalue weighted by atomic mass is 9.74. The lowest BCUT2D eigenvalue weighted by molar-refractivity contribution is -0.137. The minimum Gasteiger partial charge on any atom is -0.349 e. The van der Waals surface area contributed by atoms with Crippen LogP contribution in [-0.2, 0) is 6.18 Å². The molecule has 0 unspecified atom stereocenters. The van der Waals surface area contributed by atoms with Gasteiger partial charge in [0, 0.05) is 17.0 Å². The van der Waals surface area contributed by atoms with E-state index in [4.69, 9.17) is 11.6 Å². The van der Waals surface area contributed by atoms with Crippen LogP contribution in [0.15, 0.2) is 42.5 Å². The maximum Gasteiger partial charge on any atom is 0.417 e. The van der Waals surface area contributed by atoms with E-state index in [1.165, 1.54) is 18.2 Å². The van der Waals surface area contributed by atoms with Crippen LogP contribution in [0.5, 0.6) is 0 Å². The molecule has 1 fully saturated rings. The van der Waals surface area contributed by atoms with E-state index in [0.29, 0.717) is 18.4 Å². The average molecular weight is 372 g/mol. The van der Waals surface area contributed by atoms with Gasteiger partial charge in [-0.3, -0.25) is 4.79 Å². The summed E-state index contributed by atoms with van der Waals surface area (Å²) in [4.78, 5) is 12.3. The Labute approximate surface area is 146 Å². The molecule has 0 saturated heterocycles. The van der Waals surface area contributed by atoms with Crippen molar-refractivity contribution in [2.45, 2.75) is 31.0 Å². The number of benzene rings is 2. The molecule has 7 heteroatoms. The van der Waals surface area contributed by atoms with Gasteiger partial charge in [-0.25, -0.2) is 4.39 Å². The van der Waals surface area contributed by atoms with Gasteiger partial charge in [-0.1, -0.05) is 29.8 Å². The van der Waals surface area contributed by atoms with Crippen LogP contribution >= 0.6 is 11.6 Å². The Morgan fingerprint density at radius 2 is 1.84 bits per heavy atom. The van der Waals surface area contributed by atoms with Gasteiger partial charge in [-0.05, 0) is 42.7 Å². The molecular formula is C18H14ClF4NO. The molecule has 132 valence electrons. The summed E-state index contributed by atoms with van der Waals surface area (Å²) in [5.41, 5.74) is -1.01. The lowest BCUT2D eigenvalue weighted by Gasteiger charge is -2.37. The van der Waals surface area contributed by atoms with Crippen molar-refractivity contribution in [2.24, 2.45) is 0 Å². The number of halogens is 5. The second kappa shape index (κ2) is 6.67. The molecule has 2 aromatic carbocycles. The molecule has 0 radical (unpaired) electrons. The van der Waals surface area contributed by atoms with E-state index in [1.807, 2.05) is 0 Å². The van der Waals surface area contributed by atoms with Crippen LogP contribution in [0, 0.1) is 5.82 Å².